The molecule has 16 heavy (non-hydrogen) atoms. The number of nitrogens with one attached hydrogen (secondary N) is 1. The van der Waals surface area contributed by atoms with Crippen LogP contribution in [0.4, 0.5) is 0 Å². The number of aromatic amines is 1. The Morgan fingerprint density at radius 3 is 2.81 bits per heavy atom. The fourth-order valence-electron chi connectivity index (χ4n) is 2.71. The van der Waals surface area contributed by atoms with E-state index in [1.165, 1.54) is 25.7 Å². The summed E-state index contributed by atoms with van der Waals surface area (Å²) in [6.45, 7) is 2.22. The predicted octanol–water partition coefficient (Wildman–Crippen LogP) is 1.84. The Hall–Kier alpha value is -0.900. The van der Waals surface area contributed by atoms with Crippen molar-refractivity contribution in [2.75, 3.05) is 0 Å². The van der Waals surface area contributed by atoms with Crippen LogP contribution in [0.5, 0.6) is 0 Å². The van der Waals surface area contributed by atoms with Crippen molar-refractivity contribution in [1.82, 2.24) is 15.2 Å². The second kappa shape index (κ2) is 3.55. The monoisotopic (exact) mass is 220 g/mol. The van der Waals surface area contributed by atoms with E-state index in [0.29, 0.717) is 5.92 Å². The maximum absolute atomic E-state index is 6.25. The largest absolute Gasteiger partial charge is 0.327 e. The molecular weight excluding hydrogens is 200 g/mol. The first kappa shape index (κ1) is 10.3. The summed E-state index contributed by atoms with van der Waals surface area (Å²) in [6.07, 6.45) is 7.24. The van der Waals surface area contributed by atoms with Crippen molar-refractivity contribution in [2.24, 2.45) is 5.73 Å². The normalized spacial score (nSPS) is 35.2. The van der Waals surface area contributed by atoms with E-state index >= 15 is 0 Å². The fraction of sp³-hybridized carbons (Fsp3) is 0.833. The molecule has 2 saturated carbocycles. The third-order valence-corrected chi connectivity index (χ3v) is 4.26. The maximum atomic E-state index is 6.25. The van der Waals surface area contributed by atoms with Crippen molar-refractivity contribution in [3.8, 4) is 0 Å². The molecule has 2 atom stereocenters. The summed E-state index contributed by atoms with van der Waals surface area (Å²) in [7, 11) is 0. The summed E-state index contributed by atoms with van der Waals surface area (Å²) >= 11 is 0. The molecule has 1 aromatic heterocycles. The molecule has 0 radical (unpaired) electrons. The van der Waals surface area contributed by atoms with Crippen LogP contribution in [0.15, 0.2) is 0 Å². The van der Waals surface area contributed by atoms with Crippen LogP contribution < -0.4 is 5.73 Å². The first-order chi connectivity index (χ1) is 7.70. The summed E-state index contributed by atoms with van der Waals surface area (Å²) in [4.78, 5) is 4.67. The SMILES string of the molecule is CC1(c2n[nH]c(C3CC3)n2)CCCCC1N. The van der Waals surface area contributed by atoms with Gasteiger partial charge in [-0.25, -0.2) is 4.98 Å². The van der Waals surface area contributed by atoms with Gasteiger partial charge in [0.15, 0.2) is 5.82 Å². The molecule has 4 nitrogen and oxygen atoms in total. The highest BCUT2D eigenvalue weighted by atomic mass is 15.2. The predicted molar refractivity (Wildman–Crippen MR) is 62.2 cm³/mol. The van der Waals surface area contributed by atoms with Crippen LogP contribution in [0, 0.1) is 0 Å². The third kappa shape index (κ3) is 1.56. The summed E-state index contributed by atoms with van der Waals surface area (Å²) < 4.78 is 0. The zero-order valence-electron chi connectivity index (χ0n) is 9.87. The minimum atomic E-state index is -0.0120. The van der Waals surface area contributed by atoms with E-state index in [9.17, 15) is 0 Å². The number of rotatable bonds is 2. The van der Waals surface area contributed by atoms with Crippen molar-refractivity contribution < 1.29 is 0 Å². The molecule has 2 aliphatic rings. The number of H-pyrrole nitrogens is 1. The second-order valence-electron chi connectivity index (χ2n) is 5.59. The van der Waals surface area contributed by atoms with Gasteiger partial charge in [-0.3, -0.25) is 5.10 Å². The minimum Gasteiger partial charge on any atom is -0.327 e. The summed E-state index contributed by atoms with van der Waals surface area (Å²) in [5.74, 6) is 2.67. The standard InChI is InChI=1S/C12H20N4/c1-12(7-3-2-4-9(12)13)11-14-10(15-16-11)8-5-6-8/h8-9H,2-7,13H2,1H3,(H,14,15,16). The first-order valence-electron chi connectivity index (χ1n) is 6.38. The Bertz CT molecular complexity index is 382. The van der Waals surface area contributed by atoms with E-state index in [-0.39, 0.29) is 11.5 Å². The molecule has 1 aromatic rings. The summed E-state index contributed by atoms with van der Waals surface area (Å²) in [5, 5.41) is 7.50. The third-order valence-electron chi connectivity index (χ3n) is 4.26. The highest BCUT2D eigenvalue weighted by Gasteiger charge is 2.40. The van der Waals surface area contributed by atoms with Crippen molar-refractivity contribution in [3.63, 3.8) is 0 Å². The Morgan fingerprint density at radius 1 is 1.31 bits per heavy atom. The van der Waals surface area contributed by atoms with Crippen LogP contribution in [-0.4, -0.2) is 21.2 Å². The molecule has 2 aliphatic carbocycles. The van der Waals surface area contributed by atoms with Gasteiger partial charge in [-0.05, 0) is 25.7 Å². The molecule has 3 N–H and O–H groups in total. The average Bonchev–Trinajstić information content (AvgIpc) is 3.01. The van der Waals surface area contributed by atoms with E-state index in [1.807, 2.05) is 0 Å². The van der Waals surface area contributed by atoms with E-state index in [1.54, 1.807) is 0 Å². The van der Waals surface area contributed by atoms with Crippen molar-refractivity contribution >= 4 is 0 Å². The molecular formula is C12H20N4. The number of nitrogens with zero attached hydrogens (tertiary/aromatic N) is 2. The van der Waals surface area contributed by atoms with Crippen molar-refractivity contribution in [2.45, 2.75) is 62.8 Å². The van der Waals surface area contributed by atoms with Gasteiger partial charge in [0.1, 0.15) is 5.82 Å². The Labute approximate surface area is 96.0 Å². The van der Waals surface area contributed by atoms with Crippen molar-refractivity contribution in [3.05, 3.63) is 11.6 Å². The minimum absolute atomic E-state index is 0.0120. The molecule has 0 saturated heterocycles. The molecule has 0 amide bonds. The molecule has 0 aromatic carbocycles. The molecule has 0 bridgehead atoms. The highest BCUT2D eigenvalue weighted by molar-refractivity contribution is 5.15. The van der Waals surface area contributed by atoms with Gasteiger partial charge in [-0.15, -0.1) is 0 Å². The Balaban J connectivity index is 1.87. The Morgan fingerprint density at radius 2 is 2.12 bits per heavy atom. The van der Waals surface area contributed by atoms with Crippen LogP contribution in [0.25, 0.3) is 0 Å². The van der Waals surface area contributed by atoms with Crippen LogP contribution in [-0.2, 0) is 5.41 Å². The molecule has 3 rings (SSSR count). The lowest BCUT2D eigenvalue weighted by Gasteiger charge is -2.36. The number of hydrogen-bond donors (Lipinski definition) is 2. The van der Waals surface area contributed by atoms with E-state index in [4.69, 9.17) is 5.73 Å². The molecule has 0 aliphatic heterocycles. The molecule has 1 heterocycles. The smallest absolute Gasteiger partial charge is 0.158 e. The van der Waals surface area contributed by atoms with Crippen molar-refractivity contribution in [1.29, 1.82) is 0 Å². The average molecular weight is 220 g/mol. The quantitative estimate of drug-likeness (QED) is 0.799. The molecule has 88 valence electrons. The first-order valence-corrected chi connectivity index (χ1v) is 6.38. The Kier molecular flexibility index (Phi) is 2.28. The van der Waals surface area contributed by atoms with Crippen LogP contribution >= 0.6 is 0 Å². The van der Waals surface area contributed by atoms with Gasteiger partial charge in [0.05, 0.1) is 0 Å². The van der Waals surface area contributed by atoms with Gasteiger partial charge in [0, 0.05) is 17.4 Å². The van der Waals surface area contributed by atoms with Gasteiger partial charge in [0.25, 0.3) is 0 Å². The fourth-order valence-corrected chi connectivity index (χ4v) is 2.71. The van der Waals surface area contributed by atoms with Gasteiger partial charge in [-0.1, -0.05) is 19.8 Å². The van der Waals surface area contributed by atoms with Gasteiger partial charge < -0.3 is 5.73 Å². The lowest BCUT2D eigenvalue weighted by molar-refractivity contribution is 0.259. The van der Waals surface area contributed by atoms with Gasteiger partial charge in [0.2, 0.25) is 0 Å². The zero-order valence-corrected chi connectivity index (χ0v) is 9.87. The van der Waals surface area contributed by atoms with Crippen LogP contribution in [0.1, 0.15) is 63.0 Å². The van der Waals surface area contributed by atoms with E-state index in [0.717, 1.165) is 24.5 Å². The number of aromatic nitrogens is 3. The molecule has 0 spiro atoms. The lowest BCUT2D eigenvalue weighted by Crippen LogP contribution is -2.46. The van der Waals surface area contributed by atoms with Crippen LogP contribution in [0.3, 0.4) is 0 Å². The number of nitrogens with two attached hydrogens (primary N) is 1. The summed E-state index contributed by atoms with van der Waals surface area (Å²) in [6, 6.07) is 0.212. The topological polar surface area (TPSA) is 67.6 Å². The highest BCUT2D eigenvalue weighted by Crippen LogP contribution is 2.40. The molecule has 4 heteroatoms. The van der Waals surface area contributed by atoms with E-state index in [2.05, 4.69) is 22.1 Å². The number of hydrogen-bond acceptors (Lipinski definition) is 3. The van der Waals surface area contributed by atoms with E-state index < -0.39 is 0 Å². The van der Waals surface area contributed by atoms with Gasteiger partial charge >= 0.3 is 0 Å². The maximum Gasteiger partial charge on any atom is 0.158 e. The lowest BCUT2D eigenvalue weighted by atomic mass is 9.71. The molecule has 2 fully saturated rings. The second-order valence-corrected chi connectivity index (χ2v) is 5.59. The van der Waals surface area contributed by atoms with Crippen LogP contribution in [0.2, 0.25) is 0 Å². The zero-order chi connectivity index (χ0) is 11.2. The molecule has 2 unspecified atom stereocenters. The van der Waals surface area contributed by atoms with Gasteiger partial charge in [-0.2, -0.15) is 5.10 Å². The summed E-state index contributed by atoms with van der Waals surface area (Å²) in [5.41, 5.74) is 6.24.